The molecule has 0 radical (unpaired) electrons. The first-order valence-electron chi connectivity index (χ1n) is 15.8. The van der Waals surface area contributed by atoms with E-state index in [1.54, 1.807) is 37.4 Å². The van der Waals surface area contributed by atoms with Crippen LogP contribution in [0, 0.1) is 5.92 Å². The number of aromatic nitrogens is 1. The van der Waals surface area contributed by atoms with Crippen molar-refractivity contribution in [1.29, 1.82) is 0 Å². The Morgan fingerprint density at radius 1 is 0.872 bits per heavy atom. The highest BCUT2D eigenvalue weighted by atomic mass is 79.9. The molecule has 4 aromatic rings. The van der Waals surface area contributed by atoms with E-state index in [1.807, 2.05) is 58.0 Å². The second-order valence-corrected chi connectivity index (χ2v) is 13.6. The van der Waals surface area contributed by atoms with Gasteiger partial charge in [0.25, 0.3) is 17.4 Å². The first-order chi connectivity index (χ1) is 22.8. The van der Waals surface area contributed by atoms with Gasteiger partial charge in [0.2, 0.25) is 0 Å². The molecule has 2 bridgehead atoms. The molecule has 0 aliphatic carbocycles. The number of methoxy groups -OCH3 is 1. The number of rotatable bonds is 6. The van der Waals surface area contributed by atoms with Crippen LogP contribution < -0.4 is 25.4 Å². The summed E-state index contributed by atoms with van der Waals surface area (Å²) in [5, 5.41) is 3.83. The van der Waals surface area contributed by atoms with E-state index in [9.17, 15) is 14.4 Å². The number of pyridine rings is 1. The van der Waals surface area contributed by atoms with Crippen molar-refractivity contribution in [3.8, 4) is 5.75 Å². The quantitative estimate of drug-likeness (QED) is 0.259. The van der Waals surface area contributed by atoms with Crippen molar-refractivity contribution in [2.45, 2.75) is 18.9 Å². The van der Waals surface area contributed by atoms with Crippen LogP contribution in [0.5, 0.6) is 5.75 Å². The molecule has 3 aliphatic heterocycles. The predicted octanol–water partition coefficient (Wildman–Crippen LogP) is 6.11. The second-order valence-electron chi connectivity index (χ2n) is 12.4. The lowest BCUT2D eigenvalue weighted by molar-refractivity contribution is 0.0746. The molecule has 2 amide bonds. The standard InChI is InChI=1S/C36H35BrClN5O4/c1-47-26-10-11-28(37)27(19-26)35(45)39-30-18-24(36(46)41-15-13-40(14-16-41)32-6-3-2-5-29(32)38)9-12-33(30)42-20-23-17-25(22-42)31-7-4-8-34(44)43(31)21-23/h2-12,18-19,23,25H,13-17,20-22H2,1H3,(H,39,45)/t23-,25+/m1/s1. The van der Waals surface area contributed by atoms with Crippen molar-refractivity contribution in [2.75, 3.05) is 61.5 Å². The van der Waals surface area contributed by atoms with E-state index in [1.165, 1.54) is 0 Å². The number of carbonyl (C=O) groups excluding carboxylic acids is 2. The third kappa shape index (κ3) is 6.24. The lowest BCUT2D eigenvalue weighted by atomic mass is 9.83. The van der Waals surface area contributed by atoms with Gasteiger partial charge in [-0.1, -0.05) is 29.8 Å². The maximum absolute atomic E-state index is 13.9. The maximum atomic E-state index is 13.9. The fourth-order valence-electron chi connectivity index (χ4n) is 7.17. The number of ether oxygens (including phenoxy) is 1. The Labute approximate surface area is 286 Å². The smallest absolute Gasteiger partial charge is 0.257 e. The summed E-state index contributed by atoms with van der Waals surface area (Å²) >= 11 is 9.95. The Kier molecular flexibility index (Phi) is 8.72. The van der Waals surface area contributed by atoms with Crippen molar-refractivity contribution >= 4 is 56.4 Å². The number of carbonyl (C=O) groups is 2. The fraction of sp³-hybridized carbons (Fsp3) is 0.306. The molecule has 0 unspecified atom stereocenters. The highest BCUT2D eigenvalue weighted by molar-refractivity contribution is 9.10. The minimum absolute atomic E-state index is 0.0398. The summed E-state index contributed by atoms with van der Waals surface area (Å²) in [5.74, 6) is 0.633. The Hall–Kier alpha value is -4.28. The van der Waals surface area contributed by atoms with Crippen molar-refractivity contribution in [3.63, 3.8) is 0 Å². The highest BCUT2D eigenvalue weighted by Gasteiger charge is 2.36. The minimum atomic E-state index is -0.316. The number of nitrogens with zero attached hydrogens (tertiary/aromatic N) is 4. The number of fused-ring (bicyclic) bond motifs is 4. The number of hydrogen-bond donors (Lipinski definition) is 1. The molecular formula is C36H35BrClN5O4. The van der Waals surface area contributed by atoms with Gasteiger partial charge in [-0.3, -0.25) is 14.4 Å². The van der Waals surface area contributed by atoms with Gasteiger partial charge in [-0.2, -0.15) is 0 Å². The largest absolute Gasteiger partial charge is 0.497 e. The number of piperazine rings is 1. The zero-order valence-corrected chi connectivity index (χ0v) is 28.3. The van der Waals surface area contributed by atoms with Gasteiger partial charge in [0, 0.05) is 73.5 Å². The molecule has 2 fully saturated rings. The lowest BCUT2D eigenvalue weighted by Crippen LogP contribution is -2.49. The van der Waals surface area contributed by atoms with E-state index in [0.29, 0.717) is 71.3 Å². The summed E-state index contributed by atoms with van der Waals surface area (Å²) in [6, 6.07) is 24.1. The van der Waals surface area contributed by atoms with Crippen LogP contribution in [-0.2, 0) is 6.54 Å². The molecule has 11 heteroatoms. The number of halogens is 2. The molecule has 3 aliphatic rings. The van der Waals surface area contributed by atoms with E-state index in [2.05, 4.69) is 31.0 Å². The zero-order chi connectivity index (χ0) is 32.7. The average Bonchev–Trinajstić information content (AvgIpc) is 3.09. The van der Waals surface area contributed by atoms with Crippen molar-refractivity contribution in [2.24, 2.45) is 5.92 Å². The molecule has 2 saturated heterocycles. The number of amides is 2. The second kappa shape index (κ2) is 13.1. The molecule has 0 saturated carbocycles. The van der Waals surface area contributed by atoms with Crippen LogP contribution in [0.1, 0.15) is 38.7 Å². The lowest BCUT2D eigenvalue weighted by Gasteiger charge is -2.44. The SMILES string of the molecule is COc1ccc(Br)c(C(=O)Nc2cc(C(=O)N3CCN(c4ccccc4Cl)CC3)ccc2N2C[C@H]3C[C@@H](C2)c2cccc(=O)n2C3)c1. The number of benzene rings is 3. The first-order valence-corrected chi connectivity index (χ1v) is 17.0. The third-order valence-electron chi connectivity index (χ3n) is 9.49. The average molecular weight is 717 g/mol. The summed E-state index contributed by atoms with van der Waals surface area (Å²) < 4.78 is 7.92. The van der Waals surface area contributed by atoms with Gasteiger partial charge < -0.3 is 29.3 Å². The Bertz CT molecular complexity index is 1910. The maximum Gasteiger partial charge on any atom is 0.257 e. The summed E-state index contributed by atoms with van der Waals surface area (Å²) in [6.45, 7) is 4.54. The third-order valence-corrected chi connectivity index (χ3v) is 10.5. The molecule has 3 aromatic carbocycles. The van der Waals surface area contributed by atoms with Gasteiger partial charge in [-0.15, -0.1) is 0 Å². The highest BCUT2D eigenvalue weighted by Crippen LogP contribution is 2.40. The van der Waals surface area contributed by atoms with Crippen molar-refractivity contribution in [1.82, 2.24) is 9.47 Å². The summed E-state index contributed by atoms with van der Waals surface area (Å²) in [5.41, 5.74) is 4.40. The number of hydrogen-bond acceptors (Lipinski definition) is 6. The van der Waals surface area contributed by atoms with E-state index in [-0.39, 0.29) is 29.2 Å². The number of anilines is 3. The molecular weight excluding hydrogens is 682 g/mol. The molecule has 0 spiro atoms. The number of para-hydroxylation sites is 1. The summed E-state index contributed by atoms with van der Waals surface area (Å²) in [7, 11) is 1.56. The monoisotopic (exact) mass is 715 g/mol. The van der Waals surface area contributed by atoms with Crippen LogP contribution in [0.2, 0.25) is 5.02 Å². The van der Waals surface area contributed by atoms with Gasteiger partial charge in [0.15, 0.2) is 0 Å². The Morgan fingerprint density at radius 2 is 1.68 bits per heavy atom. The molecule has 9 nitrogen and oxygen atoms in total. The molecule has 47 heavy (non-hydrogen) atoms. The summed E-state index contributed by atoms with van der Waals surface area (Å²) in [6.07, 6.45) is 1.01. The topological polar surface area (TPSA) is 87.1 Å². The first kappa shape index (κ1) is 31.3. The van der Waals surface area contributed by atoms with Gasteiger partial charge in [0.1, 0.15) is 5.75 Å². The Balaban J connectivity index is 1.17. The minimum Gasteiger partial charge on any atom is -0.497 e. The normalized spacial score (nSPS) is 18.8. The van der Waals surface area contributed by atoms with Crippen LogP contribution in [0.3, 0.4) is 0 Å². The van der Waals surface area contributed by atoms with Crippen molar-refractivity contribution < 1.29 is 14.3 Å². The van der Waals surface area contributed by atoms with E-state index in [4.69, 9.17) is 16.3 Å². The van der Waals surface area contributed by atoms with Gasteiger partial charge >= 0.3 is 0 Å². The molecule has 1 aromatic heterocycles. The zero-order valence-electron chi connectivity index (χ0n) is 26.0. The predicted molar refractivity (Wildman–Crippen MR) is 188 cm³/mol. The van der Waals surface area contributed by atoms with Gasteiger partial charge in [-0.25, -0.2) is 0 Å². The van der Waals surface area contributed by atoms with Crippen LogP contribution >= 0.6 is 27.5 Å². The molecule has 7 rings (SSSR count). The van der Waals surface area contributed by atoms with Crippen LogP contribution in [0.4, 0.5) is 17.1 Å². The van der Waals surface area contributed by atoms with E-state index < -0.39 is 0 Å². The number of piperidine rings is 1. The van der Waals surface area contributed by atoms with E-state index in [0.717, 1.165) is 30.0 Å². The van der Waals surface area contributed by atoms with Crippen LogP contribution in [0.25, 0.3) is 0 Å². The van der Waals surface area contributed by atoms with Gasteiger partial charge in [-0.05, 0) is 82.9 Å². The van der Waals surface area contributed by atoms with E-state index >= 15 is 0 Å². The summed E-state index contributed by atoms with van der Waals surface area (Å²) in [4.78, 5) is 46.6. The molecule has 4 heterocycles. The molecule has 1 N–H and O–H groups in total. The van der Waals surface area contributed by atoms with Crippen LogP contribution in [0.15, 0.2) is 88.1 Å². The molecule has 242 valence electrons. The van der Waals surface area contributed by atoms with Crippen LogP contribution in [-0.4, -0.2) is 67.7 Å². The Morgan fingerprint density at radius 3 is 2.47 bits per heavy atom. The number of nitrogens with one attached hydrogen (secondary N) is 1. The molecule has 2 atom stereocenters. The van der Waals surface area contributed by atoms with Crippen molar-refractivity contribution in [3.05, 3.63) is 116 Å². The van der Waals surface area contributed by atoms with Gasteiger partial charge in [0.05, 0.1) is 34.8 Å². The fourth-order valence-corrected chi connectivity index (χ4v) is 7.86.